The number of hydrogen-bond donors (Lipinski definition) is 1. The molecule has 0 radical (unpaired) electrons. The van der Waals surface area contributed by atoms with E-state index < -0.39 is 0 Å². The number of hydrogen-bond acceptors (Lipinski definition) is 4. The summed E-state index contributed by atoms with van der Waals surface area (Å²) in [7, 11) is 1.68. The lowest BCUT2D eigenvalue weighted by Gasteiger charge is -2.10. The molecule has 2 rings (SSSR count). The van der Waals surface area contributed by atoms with Gasteiger partial charge in [-0.2, -0.15) is 0 Å². The summed E-state index contributed by atoms with van der Waals surface area (Å²) in [6.07, 6.45) is 3.66. The van der Waals surface area contributed by atoms with Crippen molar-refractivity contribution in [2.24, 2.45) is 0 Å². The summed E-state index contributed by atoms with van der Waals surface area (Å²) in [4.78, 5) is 0. The Morgan fingerprint density at radius 1 is 1.43 bits per heavy atom. The molecule has 1 atom stereocenters. The zero-order chi connectivity index (χ0) is 14.9. The molecule has 1 aromatic carbocycles. The first-order valence-electron chi connectivity index (χ1n) is 7.52. The second-order valence-corrected chi connectivity index (χ2v) is 6.06. The Morgan fingerprint density at radius 2 is 2.33 bits per heavy atom. The predicted octanol–water partition coefficient (Wildman–Crippen LogP) is 3.13. The minimum atomic E-state index is 0.328. The lowest BCUT2D eigenvalue weighted by Crippen LogP contribution is -2.19. The summed E-state index contributed by atoms with van der Waals surface area (Å²) < 4.78 is 17.4. The molecule has 1 aliphatic heterocycles. The molecule has 1 fully saturated rings. The highest BCUT2D eigenvalue weighted by Gasteiger charge is 2.14. The van der Waals surface area contributed by atoms with Gasteiger partial charge in [-0.05, 0) is 59.4 Å². The molecule has 0 spiro atoms. The molecule has 5 heteroatoms. The summed E-state index contributed by atoms with van der Waals surface area (Å²) in [5, 5.41) is 3.42. The van der Waals surface area contributed by atoms with Gasteiger partial charge in [-0.1, -0.05) is 6.07 Å². The molecule has 1 aromatic rings. The van der Waals surface area contributed by atoms with Gasteiger partial charge in [0.2, 0.25) is 0 Å². The van der Waals surface area contributed by atoms with E-state index in [9.17, 15) is 0 Å². The highest BCUT2D eigenvalue weighted by atomic mass is 79.9. The van der Waals surface area contributed by atoms with E-state index in [1.165, 1.54) is 12.0 Å². The van der Waals surface area contributed by atoms with Crippen molar-refractivity contribution in [2.45, 2.75) is 31.9 Å². The van der Waals surface area contributed by atoms with Gasteiger partial charge in [0, 0.05) is 19.8 Å². The topological polar surface area (TPSA) is 39.7 Å². The highest BCUT2D eigenvalue weighted by molar-refractivity contribution is 9.10. The van der Waals surface area contributed by atoms with Gasteiger partial charge < -0.3 is 19.5 Å². The van der Waals surface area contributed by atoms with Crippen molar-refractivity contribution in [2.75, 3.05) is 33.5 Å². The monoisotopic (exact) mass is 357 g/mol. The van der Waals surface area contributed by atoms with Gasteiger partial charge in [0.25, 0.3) is 0 Å². The molecule has 0 aromatic heterocycles. The zero-order valence-corrected chi connectivity index (χ0v) is 14.2. The van der Waals surface area contributed by atoms with Crippen molar-refractivity contribution < 1.29 is 14.2 Å². The fourth-order valence-electron chi connectivity index (χ4n) is 2.34. The molecule has 118 valence electrons. The standard InChI is InChI=1S/C16H24BrNO3/c1-19-16-6-5-13(10-15(16)17)11-18-7-3-8-20-12-14-4-2-9-21-14/h5-6,10,14,18H,2-4,7-9,11-12H2,1H3. The van der Waals surface area contributed by atoms with E-state index in [1.54, 1.807) is 7.11 Å². The lowest BCUT2D eigenvalue weighted by molar-refractivity contribution is 0.0166. The molecule has 0 saturated carbocycles. The third-order valence-electron chi connectivity index (χ3n) is 3.52. The maximum absolute atomic E-state index is 5.63. The van der Waals surface area contributed by atoms with Crippen molar-refractivity contribution in [3.05, 3.63) is 28.2 Å². The van der Waals surface area contributed by atoms with Gasteiger partial charge >= 0.3 is 0 Å². The minimum Gasteiger partial charge on any atom is -0.496 e. The SMILES string of the molecule is COc1ccc(CNCCCOCC2CCCO2)cc1Br. The van der Waals surface area contributed by atoms with Gasteiger partial charge in [-0.15, -0.1) is 0 Å². The van der Waals surface area contributed by atoms with E-state index >= 15 is 0 Å². The molecular formula is C16H24BrNO3. The van der Waals surface area contributed by atoms with Gasteiger partial charge in [-0.3, -0.25) is 0 Å². The Bertz CT molecular complexity index is 422. The van der Waals surface area contributed by atoms with Crippen LogP contribution in [0.15, 0.2) is 22.7 Å². The van der Waals surface area contributed by atoms with Gasteiger partial charge in [-0.25, -0.2) is 0 Å². The first-order chi connectivity index (χ1) is 10.3. The summed E-state index contributed by atoms with van der Waals surface area (Å²) in [5.41, 5.74) is 1.24. The van der Waals surface area contributed by atoms with Gasteiger partial charge in [0.15, 0.2) is 0 Å². The van der Waals surface area contributed by atoms with Gasteiger partial charge in [0.1, 0.15) is 5.75 Å². The van der Waals surface area contributed by atoms with E-state index in [1.807, 2.05) is 6.07 Å². The second-order valence-electron chi connectivity index (χ2n) is 5.21. The predicted molar refractivity (Wildman–Crippen MR) is 86.8 cm³/mol. The maximum atomic E-state index is 5.63. The number of ether oxygens (including phenoxy) is 3. The van der Waals surface area contributed by atoms with Crippen LogP contribution in [0.3, 0.4) is 0 Å². The summed E-state index contributed by atoms with van der Waals surface area (Å²) in [6, 6.07) is 6.14. The van der Waals surface area contributed by atoms with Crippen molar-refractivity contribution in [3.63, 3.8) is 0 Å². The molecule has 0 aliphatic carbocycles. The van der Waals surface area contributed by atoms with Crippen molar-refractivity contribution >= 4 is 15.9 Å². The van der Waals surface area contributed by atoms with Crippen LogP contribution in [-0.4, -0.2) is 39.6 Å². The van der Waals surface area contributed by atoms with Crippen LogP contribution in [0.4, 0.5) is 0 Å². The molecular weight excluding hydrogens is 334 g/mol. The van der Waals surface area contributed by atoms with Crippen LogP contribution in [0.5, 0.6) is 5.75 Å². The minimum absolute atomic E-state index is 0.328. The molecule has 1 N–H and O–H groups in total. The van der Waals surface area contributed by atoms with E-state index in [0.29, 0.717) is 6.10 Å². The van der Waals surface area contributed by atoms with Crippen LogP contribution < -0.4 is 10.1 Å². The molecule has 0 bridgehead atoms. The van der Waals surface area contributed by atoms with Crippen LogP contribution >= 0.6 is 15.9 Å². The van der Waals surface area contributed by atoms with Crippen LogP contribution in [0.25, 0.3) is 0 Å². The Balaban J connectivity index is 1.52. The average Bonchev–Trinajstić information content (AvgIpc) is 3.00. The van der Waals surface area contributed by atoms with Crippen molar-refractivity contribution in [1.82, 2.24) is 5.32 Å². The Hall–Kier alpha value is -0.620. The van der Waals surface area contributed by atoms with Crippen LogP contribution in [0, 0.1) is 0 Å². The normalized spacial score (nSPS) is 18.1. The molecule has 1 unspecified atom stereocenters. The van der Waals surface area contributed by atoms with E-state index in [4.69, 9.17) is 14.2 Å². The first kappa shape index (κ1) is 16.7. The lowest BCUT2D eigenvalue weighted by atomic mass is 10.2. The van der Waals surface area contributed by atoms with E-state index in [0.717, 1.165) is 56.0 Å². The maximum Gasteiger partial charge on any atom is 0.133 e. The van der Waals surface area contributed by atoms with E-state index in [2.05, 4.69) is 33.4 Å². The second kappa shape index (κ2) is 9.41. The fraction of sp³-hybridized carbons (Fsp3) is 0.625. The third kappa shape index (κ3) is 5.94. The fourth-order valence-corrected chi connectivity index (χ4v) is 2.93. The van der Waals surface area contributed by atoms with Crippen molar-refractivity contribution in [3.8, 4) is 5.75 Å². The quantitative estimate of drug-likeness (QED) is 0.689. The number of methoxy groups -OCH3 is 1. The molecule has 0 amide bonds. The number of nitrogens with one attached hydrogen (secondary N) is 1. The molecule has 1 heterocycles. The zero-order valence-electron chi connectivity index (χ0n) is 12.6. The Kier molecular flexibility index (Phi) is 7.50. The van der Waals surface area contributed by atoms with Crippen LogP contribution in [0.2, 0.25) is 0 Å². The van der Waals surface area contributed by atoms with Crippen LogP contribution in [-0.2, 0) is 16.0 Å². The van der Waals surface area contributed by atoms with Crippen molar-refractivity contribution in [1.29, 1.82) is 0 Å². The number of halogens is 1. The smallest absolute Gasteiger partial charge is 0.133 e. The largest absolute Gasteiger partial charge is 0.496 e. The number of rotatable bonds is 9. The molecule has 1 aliphatic rings. The van der Waals surface area contributed by atoms with E-state index in [-0.39, 0.29) is 0 Å². The average molecular weight is 358 g/mol. The van der Waals surface area contributed by atoms with Crippen LogP contribution in [0.1, 0.15) is 24.8 Å². The molecule has 21 heavy (non-hydrogen) atoms. The highest BCUT2D eigenvalue weighted by Crippen LogP contribution is 2.25. The summed E-state index contributed by atoms with van der Waals surface area (Å²) in [5.74, 6) is 0.862. The molecule has 1 saturated heterocycles. The van der Waals surface area contributed by atoms with Gasteiger partial charge in [0.05, 0.1) is 24.3 Å². The first-order valence-corrected chi connectivity index (χ1v) is 8.31. The number of benzene rings is 1. The Labute approximate surface area is 135 Å². The Morgan fingerprint density at radius 3 is 3.05 bits per heavy atom. The third-order valence-corrected chi connectivity index (χ3v) is 4.13. The summed E-state index contributed by atoms with van der Waals surface area (Å²) >= 11 is 3.50. The summed E-state index contributed by atoms with van der Waals surface area (Å²) in [6.45, 7) is 4.24. The molecule has 4 nitrogen and oxygen atoms in total.